The summed E-state index contributed by atoms with van der Waals surface area (Å²) >= 11 is 1.73. The molecule has 2 rings (SSSR count). The summed E-state index contributed by atoms with van der Waals surface area (Å²) in [4.78, 5) is 4.28. The van der Waals surface area contributed by atoms with Crippen molar-refractivity contribution < 1.29 is 0 Å². The molecule has 0 aliphatic heterocycles. The lowest BCUT2D eigenvalue weighted by Gasteiger charge is -2.06. The zero-order valence-electron chi connectivity index (χ0n) is 9.26. The van der Waals surface area contributed by atoms with Gasteiger partial charge in [0, 0.05) is 31.7 Å². The molecular formula is C12H15N3S. The van der Waals surface area contributed by atoms with Crippen molar-refractivity contribution in [3.05, 3.63) is 47.8 Å². The lowest BCUT2D eigenvalue weighted by atomic mass is 10.1. The molecular weight excluding hydrogens is 218 g/mol. The first-order valence-corrected chi connectivity index (χ1v) is 6.17. The van der Waals surface area contributed by atoms with Gasteiger partial charge in [0.2, 0.25) is 0 Å². The van der Waals surface area contributed by atoms with Gasteiger partial charge in [0.25, 0.3) is 0 Å². The molecule has 0 amide bonds. The minimum absolute atomic E-state index is 0.595. The standard InChI is InChI=1S/C12H15N3S/c1-15-7-6-14-12(15)16-9-11-5-3-2-4-10(11)8-13/h2-7H,8-9,13H2,1H3. The van der Waals surface area contributed by atoms with Gasteiger partial charge < -0.3 is 10.3 Å². The van der Waals surface area contributed by atoms with Crippen molar-refractivity contribution in [1.82, 2.24) is 9.55 Å². The molecule has 0 saturated heterocycles. The molecule has 0 saturated carbocycles. The van der Waals surface area contributed by atoms with Crippen LogP contribution in [-0.4, -0.2) is 9.55 Å². The highest BCUT2D eigenvalue weighted by Gasteiger charge is 2.03. The van der Waals surface area contributed by atoms with Gasteiger partial charge in [0.05, 0.1) is 0 Å². The lowest BCUT2D eigenvalue weighted by molar-refractivity contribution is 0.790. The van der Waals surface area contributed by atoms with Crippen LogP contribution >= 0.6 is 11.8 Å². The predicted molar refractivity (Wildman–Crippen MR) is 67.1 cm³/mol. The molecule has 1 heterocycles. The zero-order valence-corrected chi connectivity index (χ0v) is 10.1. The number of rotatable bonds is 4. The van der Waals surface area contributed by atoms with Gasteiger partial charge in [-0.1, -0.05) is 36.0 Å². The summed E-state index contributed by atoms with van der Waals surface area (Å²) in [6.45, 7) is 0.595. The van der Waals surface area contributed by atoms with Crippen LogP contribution in [0.3, 0.4) is 0 Å². The zero-order chi connectivity index (χ0) is 11.4. The molecule has 0 aliphatic carbocycles. The average Bonchev–Trinajstić information content (AvgIpc) is 2.72. The molecule has 0 fully saturated rings. The van der Waals surface area contributed by atoms with E-state index in [9.17, 15) is 0 Å². The molecule has 84 valence electrons. The average molecular weight is 233 g/mol. The van der Waals surface area contributed by atoms with Crippen LogP contribution in [0.25, 0.3) is 0 Å². The highest BCUT2D eigenvalue weighted by Crippen LogP contribution is 2.22. The Hall–Kier alpha value is -1.26. The quantitative estimate of drug-likeness (QED) is 0.823. The number of hydrogen-bond acceptors (Lipinski definition) is 3. The molecule has 0 unspecified atom stereocenters. The molecule has 0 atom stereocenters. The van der Waals surface area contributed by atoms with E-state index in [-0.39, 0.29) is 0 Å². The fourth-order valence-corrected chi connectivity index (χ4v) is 2.50. The van der Waals surface area contributed by atoms with Crippen LogP contribution in [0.2, 0.25) is 0 Å². The van der Waals surface area contributed by atoms with E-state index in [0.29, 0.717) is 6.54 Å². The first-order valence-electron chi connectivity index (χ1n) is 5.18. The van der Waals surface area contributed by atoms with Gasteiger partial charge >= 0.3 is 0 Å². The van der Waals surface area contributed by atoms with Crippen molar-refractivity contribution >= 4 is 11.8 Å². The molecule has 0 radical (unpaired) electrons. The molecule has 0 aliphatic rings. The Kier molecular flexibility index (Phi) is 3.64. The molecule has 2 aromatic rings. The molecule has 1 aromatic carbocycles. The van der Waals surface area contributed by atoms with Crippen LogP contribution < -0.4 is 5.73 Å². The Morgan fingerprint density at radius 2 is 2.06 bits per heavy atom. The fraction of sp³-hybridized carbons (Fsp3) is 0.250. The molecule has 2 N–H and O–H groups in total. The highest BCUT2D eigenvalue weighted by atomic mass is 32.2. The lowest BCUT2D eigenvalue weighted by Crippen LogP contribution is -2.00. The van der Waals surface area contributed by atoms with E-state index >= 15 is 0 Å². The van der Waals surface area contributed by atoms with Crippen molar-refractivity contribution in [2.75, 3.05) is 0 Å². The Bertz CT molecular complexity index is 465. The number of nitrogens with two attached hydrogens (primary N) is 1. The number of thioether (sulfide) groups is 1. The van der Waals surface area contributed by atoms with Crippen molar-refractivity contribution in [3.8, 4) is 0 Å². The van der Waals surface area contributed by atoms with Crippen LogP contribution in [0.4, 0.5) is 0 Å². The maximum Gasteiger partial charge on any atom is 0.167 e. The van der Waals surface area contributed by atoms with Crippen LogP contribution in [-0.2, 0) is 19.3 Å². The van der Waals surface area contributed by atoms with E-state index in [0.717, 1.165) is 10.9 Å². The molecule has 3 nitrogen and oxygen atoms in total. The van der Waals surface area contributed by atoms with Gasteiger partial charge in [0.1, 0.15) is 0 Å². The third kappa shape index (κ3) is 2.46. The fourth-order valence-electron chi connectivity index (χ4n) is 1.53. The summed E-state index contributed by atoms with van der Waals surface area (Å²) in [6, 6.07) is 8.27. The van der Waals surface area contributed by atoms with E-state index in [2.05, 4.69) is 17.1 Å². The molecule has 0 spiro atoms. The number of aryl methyl sites for hydroxylation is 1. The summed E-state index contributed by atoms with van der Waals surface area (Å²) in [5, 5.41) is 1.03. The van der Waals surface area contributed by atoms with Gasteiger partial charge in [-0.2, -0.15) is 0 Å². The number of hydrogen-bond donors (Lipinski definition) is 1. The Balaban J connectivity index is 2.07. The summed E-state index contributed by atoms with van der Waals surface area (Å²) in [5.74, 6) is 0.915. The van der Waals surface area contributed by atoms with Crippen molar-refractivity contribution in [2.24, 2.45) is 12.8 Å². The van der Waals surface area contributed by atoms with Crippen molar-refractivity contribution in [3.63, 3.8) is 0 Å². The second kappa shape index (κ2) is 5.18. The van der Waals surface area contributed by atoms with Crippen LogP contribution in [0, 0.1) is 0 Å². The normalized spacial score (nSPS) is 10.6. The highest BCUT2D eigenvalue weighted by molar-refractivity contribution is 7.98. The summed E-state index contributed by atoms with van der Waals surface area (Å²) < 4.78 is 2.02. The number of aromatic nitrogens is 2. The van der Waals surface area contributed by atoms with E-state index in [1.165, 1.54) is 11.1 Å². The minimum atomic E-state index is 0.595. The van der Waals surface area contributed by atoms with Gasteiger partial charge in [0.15, 0.2) is 5.16 Å². The summed E-state index contributed by atoms with van der Waals surface area (Å²) in [6.07, 6.45) is 3.77. The van der Waals surface area contributed by atoms with Gasteiger partial charge in [-0.15, -0.1) is 0 Å². The topological polar surface area (TPSA) is 43.8 Å². The molecule has 0 bridgehead atoms. The monoisotopic (exact) mass is 233 g/mol. The summed E-state index contributed by atoms with van der Waals surface area (Å²) in [5.41, 5.74) is 8.20. The van der Waals surface area contributed by atoms with Crippen molar-refractivity contribution in [1.29, 1.82) is 0 Å². The smallest absolute Gasteiger partial charge is 0.167 e. The SMILES string of the molecule is Cn1ccnc1SCc1ccccc1CN. The Morgan fingerprint density at radius 1 is 1.31 bits per heavy atom. The number of nitrogens with zero attached hydrogens (tertiary/aromatic N) is 2. The number of benzene rings is 1. The summed E-state index contributed by atoms with van der Waals surface area (Å²) in [7, 11) is 2.00. The molecule has 1 aromatic heterocycles. The van der Waals surface area contributed by atoms with E-state index in [1.807, 2.05) is 36.1 Å². The third-order valence-corrected chi connectivity index (χ3v) is 3.58. The maximum absolute atomic E-state index is 5.70. The van der Waals surface area contributed by atoms with E-state index in [4.69, 9.17) is 5.73 Å². The minimum Gasteiger partial charge on any atom is -0.329 e. The van der Waals surface area contributed by atoms with Gasteiger partial charge in [-0.05, 0) is 11.1 Å². The molecule has 4 heteroatoms. The van der Waals surface area contributed by atoms with Crippen molar-refractivity contribution in [2.45, 2.75) is 17.5 Å². The first kappa shape index (κ1) is 11.2. The number of imidazole rings is 1. The second-order valence-electron chi connectivity index (χ2n) is 3.58. The van der Waals surface area contributed by atoms with E-state index in [1.54, 1.807) is 11.8 Å². The molecule has 16 heavy (non-hydrogen) atoms. The van der Waals surface area contributed by atoms with E-state index < -0.39 is 0 Å². The van der Waals surface area contributed by atoms with Gasteiger partial charge in [-0.3, -0.25) is 0 Å². The largest absolute Gasteiger partial charge is 0.329 e. The third-order valence-electron chi connectivity index (χ3n) is 2.47. The maximum atomic E-state index is 5.70. The predicted octanol–water partition coefficient (Wildman–Crippen LogP) is 2.17. The Morgan fingerprint density at radius 3 is 2.69 bits per heavy atom. The van der Waals surface area contributed by atoms with Crippen LogP contribution in [0.1, 0.15) is 11.1 Å². The van der Waals surface area contributed by atoms with Gasteiger partial charge in [-0.25, -0.2) is 4.98 Å². The van der Waals surface area contributed by atoms with Crippen LogP contribution in [0.15, 0.2) is 41.8 Å². The first-order chi connectivity index (χ1) is 7.81. The van der Waals surface area contributed by atoms with Crippen LogP contribution in [0.5, 0.6) is 0 Å². The second-order valence-corrected chi connectivity index (χ2v) is 4.52. The Labute approximate surface area is 99.7 Å².